The summed E-state index contributed by atoms with van der Waals surface area (Å²) in [6.07, 6.45) is 1.83. The van der Waals surface area contributed by atoms with Crippen LogP contribution in [0.1, 0.15) is 5.69 Å². The van der Waals surface area contributed by atoms with Gasteiger partial charge in [0, 0.05) is 11.6 Å². The van der Waals surface area contributed by atoms with E-state index in [1.165, 1.54) is 16.7 Å². The van der Waals surface area contributed by atoms with Crippen LogP contribution >= 0.6 is 0 Å². The van der Waals surface area contributed by atoms with Crippen molar-refractivity contribution in [3.05, 3.63) is 103 Å². The summed E-state index contributed by atoms with van der Waals surface area (Å²) < 4.78 is 2.21. The predicted molar refractivity (Wildman–Crippen MR) is 101 cm³/mol. The van der Waals surface area contributed by atoms with Crippen molar-refractivity contribution in [2.45, 2.75) is 6.92 Å². The summed E-state index contributed by atoms with van der Waals surface area (Å²) in [4.78, 5) is 4.56. The molecule has 2 aromatic carbocycles. The van der Waals surface area contributed by atoms with Gasteiger partial charge < -0.3 is 0 Å². The zero-order chi connectivity index (χ0) is 17.1. The Morgan fingerprint density at radius 3 is 1.92 bits per heavy atom. The molecule has 4 aromatic rings. The van der Waals surface area contributed by atoms with E-state index in [9.17, 15) is 0 Å². The van der Waals surface area contributed by atoms with Gasteiger partial charge in [-0.1, -0.05) is 66.7 Å². The van der Waals surface area contributed by atoms with Crippen LogP contribution in [0.5, 0.6) is 0 Å². The molecule has 0 fully saturated rings. The maximum absolute atomic E-state index is 4.56. The third-order valence-electron chi connectivity index (χ3n) is 4.31. The van der Waals surface area contributed by atoms with Crippen molar-refractivity contribution >= 4 is 0 Å². The Morgan fingerprint density at radius 2 is 1.28 bits per heavy atom. The van der Waals surface area contributed by atoms with Crippen molar-refractivity contribution in [3.63, 3.8) is 0 Å². The minimum Gasteiger partial charge on any atom is -0.193 e. The second kappa shape index (κ2) is 6.70. The molecule has 2 nitrogen and oxygen atoms in total. The van der Waals surface area contributed by atoms with Gasteiger partial charge in [0.25, 0.3) is 0 Å². The van der Waals surface area contributed by atoms with E-state index in [2.05, 4.69) is 77.1 Å². The molecule has 2 heterocycles. The molecule has 25 heavy (non-hydrogen) atoms. The Bertz CT molecular complexity index is 978. The molecule has 0 unspecified atom stereocenters. The molecule has 0 amide bonds. The molecule has 0 aliphatic rings. The van der Waals surface area contributed by atoms with Gasteiger partial charge in [-0.3, -0.25) is 0 Å². The first kappa shape index (κ1) is 15.3. The maximum atomic E-state index is 4.56. The highest BCUT2D eigenvalue weighted by Gasteiger charge is 2.18. The fourth-order valence-corrected chi connectivity index (χ4v) is 3.14. The van der Waals surface area contributed by atoms with E-state index in [-0.39, 0.29) is 0 Å². The molecule has 0 aliphatic heterocycles. The molecule has 0 aliphatic carbocycles. The molecule has 0 N–H and O–H groups in total. The molecule has 2 aromatic heterocycles. The van der Waals surface area contributed by atoms with Crippen molar-refractivity contribution in [3.8, 4) is 28.2 Å². The van der Waals surface area contributed by atoms with Gasteiger partial charge in [-0.2, -0.15) is 4.57 Å². The molecule has 4 rings (SSSR count). The summed E-state index contributed by atoms with van der Waals surface area (Å²) in [5.74, 6) is 0.929. The molecule has 120 valence electrons. The quantitative estimate of drug-likeness (QED) is 0.485. The molecular weight excluding hydrogens is 304 g/mol. The Balaban J connectivity index is 1.99. The van der Waals surface area contributed by atoms with Crippen molar-refractivity contribution in [1.29, 1.82) is 0 Å². The lowest BCUT2D eigenvalue weighted by Crippen LogP contribution is -2.38. The van der Waals surface area contributed by atoms with E-state index < -0.39 is 0 Å². The van der Waals surface area contributed by atoms with E-state index in [0.717, 1.165) is 17.2 Å². The van der Waals surface area contributed by atoms with Crippen molar-refractivity contribution in [2.24, 2.45) is 0 Å². The standard InChI is InChI=1S/C23H19N2/c1-18-16-21(19-10-4-2-5-11-19)17-22(20-12-6-3-7-13-20)25(18)23-14-8-9-15-24-23/h2-17H,1H3/q+1. The highest BCUT2D eigenvalue weighted by Crippen LogP contribution is 2.25. The summed E-state index contributed by atoms with van der Waals surface area (Å²) in [5.41, 5.74) is 5.89. The molecule has 0 spiro atoms. The second-order valence-electron chi connectivity index (χ2n) is 6.03. The van der Waals surface area contributed by atoms with Crippen LogP contribution in [0.3, 0.4) is 0 Å². The third-order valence-corrected chi connectivity index (χ3v) is 4.31. The molecule has 0 bridgehead atoms. The largest absolute Gasteiger partial charge is 0.328 e. The summed E-state index contributed by atoms with van der Waals surface area (Å²) in [7, 11) is 0. The minimum absolute atomic E-state index is 0.929. The highest BCUT2D eigenvalue weighted by molar-refractivity contribution is 5.69. The van der Waals surface area contributed by atoms with E-state index in [1.54, 1.807) is 0 Å². The lowest BCUT2D eigenvalue weighted by molar-refractivity contribution is -0.594. The molecule has 0 radical (unpaired) electrons. The monoisotopic (exact) mass is 323 g/mol. The Hall–Kier alpha value is -3.26. The number of hydrogen-bond donors (Lipinski definition) is 0. The maximum Gasteiger partial charge on any atom is 0.328 e. The van der Waals surface area contributed by atoms with Crippen LogP contribution < -0.4 is 4.57 Å². The van der Waals surface area contributed by atoms with Crippen LogP contribution in [-0.2, 0) is 0 Å². The molecular formula is C23H19N2+. The summed E-state index contributed by atoms with van der Waals surface area (Å²) in [5, 5.41) is 0. The van der Waals surface area contributed by atoms with Gasteiger partial charge in [0.15, 0.2) is 0 Å². The number of aromatic nitrogens is 2. The molecule has 0 saturated carbocycles. The average molecular weight is 323 g/mol. The topological polar surface area (TPSA) is 16.8 Å². The van der Waals surface area contributed by atoms with E-state index in [4.69, 9.17) is 0 Å². The fourth-order valence-electron chi connectivity index (χ4n) is 3.14. The first-order valence-corrected chi connectivity index (χ1v) is 8.42. The fraction of sp³-hybridized carbons (Fsp3) is 0.0435. The van der Waals surface area contributed by atoms with E-state index >= 15 is 0 Å². The number of nitrogens with zero attached hydrogens (tertiary/aromatic N) is 2. The Kier molecular flexibility index (Phi) is 4.09. The van der Waals surface area contributed by atoms with Crippen LogP contribution in [0.2, 0.25) is 0 Å². The van der Waals surface area contributed by atoms with Gasteiger partial charge in [0.05, 0.1) is 0 Å². The zero-order valence-electron chi connectivity index (χ0n) is 14.1. The number of benzene rings is 2. The Morgan fingerprint density at radius 1 is 0.640 bits per heavy atom. The van der Waals surface area contributed by atoms with Gasteiger partial charge in [-0.15, -0.1) is 0 Å². The van der Waals surface area contributed by atoms with Gasteiger partial charge in [-0.25, -0.2) is 0 Å². The predicted octanol–water partition coefficient (Wildman–Crippen LogP) is 5.00. The first-order valence-electron chi connectivity index (χ1n) is 8.42. The van der Waals surface area contributed by atoms with Gasteiger partial charge >= 0.3 is 5.82 Å². The van der Waals surface area contributed by atoms with Crippen LogP contribution in [0, 0.1) is 6.92 Å². The normalized spacial score (nSPS) is 10.6. The van der Waals surface area contributed by atoms with Crippen molar-refractivity contribution in [2.75, 3.05) is 0 Å². The van der Waals surface area contributed by atoms with Gasteiger partial charge in [0.1, 0.15) is 17.6 Å². The number of hydrogen-bond acceptors (Lipinski definition) is 1. The van der Waals surface area contributed by atoms with Crippen LogP contribution in [0.4, 0.5) is 0 Å². The van der Waals surface area contributed by atoms with Crippen LogP contribution in [0.15, 0.2) is 97.2 Å². The summed E-state index contributed by atoms with van der Waals surface area (Å²) in [6.45, 7) is 2.13. The molecule has 2 heteroatoms. The molecule has 0 atom stereocenters. The van der Waals surface area contributed by atoms with Crippen molar-refractivity contribution < 1.29 is 4.57 Å². The van der Waals surface area contributed by atoms with Crippen LogP contribution in [-0.4, -0.2) is 4.98 Å². The van der Waals surface area contributed by atoms with E-state index in [0.29, 0.717) is 0 Å². The third kappa shape index (κ3) is 3.07. The zero-order valence-corrected chi connectivity index (χ0v) is 14.1. The smallest absolute Gasteiger partial charge is 0.193 e. The summed E-state index contributed by atoms with van der Waals surface area (Å²) in [6, 6.07) is 31.4. The summed E-state index contributed by atoms with van der Waals surface area (Å²) >= 11 is 0. The average Bonchev–Trinajstić information content (AvgIpc) is 2.69. The number of pyridine rings is 2. The number of rotatable bonds is 3. The highest BCUT2D eigenvalue weighted by atomic mass is 15.1. The lowest BCUT2D eigenvalue weighted by atomic mass is 10.0. The second-order valence-corrected chi connectivity index (χ2v) is 6.03. The Labute approximate surface area is 148 Å². The van der Waals surface area contributed by atoms with Crippen LogP contribution in [0.25, 0.3) is 28.2 Å². The molecule has 0 saturated heterocycles. The van der Waals surface area contributed by atoms with Gasteiger partial charge in [-0.05, 0) is 41.2 Å². The van der Waals surface area contributed by atoms with E-state index in [1.807, 2.05) is 36.5 Å². The SMILES string of the molecule is Cc1cc(-c2ccccc2)cc(-c2ccccc2)[n+]1-c1ccccn1. The minimum atomic E-state index is 0.929. The lowest BCUT2D eigenvalue weighted by Gasteiger charge is -2.12. The first-order chi connectivity index (χ1) is 12.3. The van der Waals surface area contributed by atoms with Crippen molar-refractivity contribution in [1.82, 2.24) is 4.98 Å². The van der Waals surface area contributed by atoms with Gasteiger partial charge in [0.2, 0.25) is 0 Å². The number of aryl methyl sites for hydroxylation is 1.